The van der Waals surface area contributed by atoms with Crippen molar-refractivity contribution in [3.63, 3.8) is 0 Å². The number of rotatable bonds is 3. The summed E-state index contributed by atoms with van der Waals surface area (Å²) >= 11 is 0. The maximum atomic E-state index is 5.39. The van der Waals surface area contributed by atoms with Gasteiger partial charge in [0.05, 0.1) is 13.2 Å². The molecule has 0 unspecified atom stereocenters. The Balaban J connectivity index is 1.90. The molecule has 1 aliphatic rings. The van der Waals surface area contributed by atoms with E-state index < -0.39 is 0 Å². The zero-order valence-corrected chi connectivity index (χ0v) is 12.5. The van der Waals surface area contributed by atoms with Crippen LogP contribution in [0.2, 0.25) is 0 Å². The molecule has 0 amide bonds. The van der Waals surface area contributed by atoms with Gasteiger partial charge in [-0.25, -0.2) is 4.98 Å². The molecule has 1 aliphatic heterocycles. The summed E-state index contributed by atoms with van der Waals surface area (Å²) in [6, 6.07) is 12.2. The van der Waals surface area contributed by atoms with Crippen LogP contribution in [-0.2, 0) is 4.74 Å². The Bertz CT molecular complexity index is 596. The summed E-state index contributed by atoms with van der Waals surface area (Å²) in [6.07, 6.45) is 0. The van der Waals surface area contributed by atoms with Gasteiger partial charge in [0.2, 0.25) is 5.95 Å². The minimum Gasteiger partial charge on any atom is -0.378 e. The van der Waals surface area contributed by atoms with E-state index >= 15 is 0 Å². The maximum Gasteiger partial charge on any atom is 0.227 e. The third kappa shape index (κ3) is 3.13. The van der Waals surface area contributed by atoms with Crippen molar-refractivity contribution >= 4 is 17.5 Å². The van der Waals surface area contributed by atoms with Crippen LogP contribution in [0.25, 0.3) is 0 Å². The highest BCUT2D eigenvalue weighted by Gasteiger charge is 2.16. The number of anilines is 3. The van der Waals surface area contributed by atoms with Crippen molar-refractivity contribution in [3.8, 4) is 0 Å². The number of morpholine rings is 1. The van der Waals surface area contributed by atoms with Crippen molar-refractivity contribution < 1.29 is 4.74 Å². The summed E-state index contributed by atoms with van der Waals surface area (Å²) < 4.78 is 5.39. The fourth-order valence-corrected chi connectivity index (χ4v) is 2.40. The Morgan fingerprint density at radius 3 is 2.52 bits per heavy atom. The minimum absolute atomic E-state index is 0.737. The molecule has 2 aromatic rings. The Morgan fingerprint density at radius 1 is 1.10 bits per heavy atom. The van der Waals surface area contributed by atoms with Crippen molar-refractivity contribution in [2.75, 3.05) is 43.2 Å². The van der Waals surface area contributed by atoms with Gasteiger partial charge in [0, 0.05) is 37.6 Å². The zero-order valence-electron chi connectivity index (χ0n) is 12.5. The largest absolute Gasteiger partial charge is 0.378 e. The fraction of sp³-hybridized carbons (Fsp3) is 0.375. The average Bonchev–Trinajstić information content (AvgIpc) is 2.55. The number of hydrogen-bond donors (Lipinski definition) is 0. The predicted octanol–water partition coefficient (Wildman–Crippen LogP) is 2.39. The molecule has 0 radical (unpaired) electrons. The molecular weight excluding hydrogens is 264 g/mol. The van der Waals surface area contributed by atoms with Crippen molar-refractivity contribution in [1.82, 2.24) is 9.97 Å². The van der Waals surface area contributed by atoms with E-state index in [4.69, 9.17) is 9.72 Å². The Kier molecular flexibility index (Phi) is 4.01. The first-order chi connectivity index (χ1) is 10.2. The highest BCUT2D eigenvalue weighted by atomic mass is 16.5. The van der Waals surface area contributed by atoms with Gasteiger partial charge >= 0.3 is 0 Å². The van der Waals surface area contributed by atoms with E-state index in [0.717, 1.165) is 49.5 Å². The second-order valence-electron chi connectivity index (χ2n) is 5.16. The van der Waals surface area contributed by atoms with Crippen LogP contribution in [0.4, 0.5) is 17.5 Å². The first kappa shape index (κ1) is 13.8. The SMILES string of the molecule is Cc1cc(N(C)c2ccccc2)nc(N2CCOCC2)n1. The van der Waals surface area contributed by atoms with Gasteiger partial charge in [0.25, 0.3) is 0 Å². The van der Waals surface area contributed by atoms with Crippen LogP contribution in [0.5, 0.6) is 0 Å². The number of benzene rings is 1. The van der Waals surface area contributed by atoms with Crippen molar-refractivity contribution in [3.05, 3.63) is 42.1 Å². The lowest BCUT2D eigenvalue weighted by atomic mass is 10.3. The zero-order chi connectivity index (χ0) is 14.7. The second-order valence-corrected chi connectivity index (χ2v) is 5.16. The third-order valence-electron chi connectivity index (χ3n) is 3.61. The smallest absolute Gasteiger partial charge is 0.227 e. The van der Waals surface area contributed by atoms with Crippen LogP contribution >= 0.6 is 0 Å². The highest BCUT2D eigenvalue weighted by molar-refractivity contribution is 5.60. The number of ether oxygens (including phenoxy) is 1. The monoisotopic (exact) mass is 284 g/mol. The van der Waals surface area contributed by atoms with Gasteiger partial charge < -0.3 is 14.5 Å². The average molecular weight is 284 g/mol. The number of aryl methyl sites for hydroxylation is 1. The summed E-state index contributed by atoms with van der Waals surface area (Å²) in [5, 5.41) is 0. The van der Waals surface area contributed by atoms with Gasteiger partial charge in [-0.15, -0.1) is 0 Å². The van der Waals surface area contributed by atoms with E-state index in [-0.39, 0.29) is 0 Å². The molecule has 1 saturated heterocycles. The molecule has 5 heteroatoms. The van der Waals surface area contributed by atoms with E-state index in [9.17, 15) is 0 Å². The van der Waals surface area contributed by atoms with Crippen molar-refractivity contribution in [1.29, 1.82) is 0 Å². The van der Waals surface area contributed by atoms with Crippen LogP contribution in [0, 0.1) is 6.92 Å². The van der Waals surface area contributed by atoms with Gasteiger partial charge in [0.1, 0.15) is 5.82 Å². The molecule has 0 saturated carbocycles. The van der Waals surface area contributed by atoms with E-state index in [1.165, 1.54) is 0 Å². The molecule has 1 aromatic heterocycles. The first-order valence-electron chi connectivity index (χ1n) is 7.21. The van der Waals surface area contributed by atoms with E-state index in [0.29, 0.717) is 0 Å². The summed E-state index contributed by atoms with van der Waals surface area (Å²) in [5.74, 6) is 1.70. The molecule has 0 N–H and O–H groups in total. The van der Waals surface area contributed by atoms with Gasteiger partial charge in [-0.3, -0.25) is 0 Å². The lowest BCUT2D eigenvalue weighted by Gasteiger charge is -2.28. The molecule has 5 nitrogen and oxygen atoms in total. The van der Waals surface area contributed by atoms with Gasteiger partial charge in [-0.1, -0.05) is 18.2 Å². The van der Waals surface area contributed by atoms with Crippen molar-refractivity contribution in [2.45, 2.75) is 6.92 Å². The van der Waals surface area contributed by atoms with Gasteiger partial charge in [0.15, 0.2) is 0 Å². The van der Waals surface area contributed by atoms with Crippen LogP contribution in [0.1, 0.15) is 5.69 Å². The van der Waals surface area contributed by atoms with Gasteiger partial charge in [-0.05, 0) is 19.1 Å². The number of hydrogen-bond acceptors (Lipinski definition) is 5. The molecule has 2 heterocycles. The maximum absolute atomic E-state index is 5.39. The molecule has 3 rings (SSSR count). The Hall–Kier alpha value is -2.14. The normalized spacial score (nSPS) is 15.0. The van der Waals surface area contributed by atoms with E-state index in [1.54, 1.807) is 0 Å². The Morgan fingerprint density at radius 2 is 1.81 bits per heavy atom. The molecule has 0 spiro atoms. The first-order valence-corrected chi connectivity index (χ1v) is 7.21. The molecule has 110 valence electrons. The topological polar surface area (TPSA) is 41.5 Å². The molecule has 21 heavy (non-hydrogen) atoms. The molecule has 0 aliphatic carbocycles. The molecule has 0 bridgehead atoms. The summed E-state index contributed by atoms with van der Waals surface area (Å²) in [6.45, 7) is 5.17. The summed E-state index contributed by atoms with van der Waals surface area (Å²) in [7, 11) is 2.03. The second kappa shape index (κ2) is 6.10. The van der Waals surface area contributed by atoms with Crippen LogP contribution in [0.15, 0.2) is 36.4 Å². The summed E-state index contributed by atoms with van der Waals surface area (Å²) in [4.78, 5) is 13.5. The number of aromatic nitrogens is 2. The Labute approximate surface area is 125 Å². The quantitative estimate of drug-likeness (QED) is 0.865. The summed E-state index contributed by atoms with van der Waals surface area (Å²) in [5.41, 5.74) is 2.09. The highest BCUT2D eigenvalue weighted by Crippen LogP contribution is 2.24. The van der Waals surface area contributed by atoms with E-state index in [1.807, 2.05) is 38.2 Å². The van der Waals surface area contributed by atoms with Gasteiger partial charge in [-0.2, -0.15) is 4.98 Å². The fourth-order valence-electron chi connectivity index (χ4n) is 2.40. The van der Waals surface area contributed by atoms with Crippen molar-refractivity contribution in [2.24, 2.45) is 0 Å². The molecule has 1 aromatic carbocycles. The van der Waals surface area contributed by atoms with E-state index in [2.05, 4.69) is 26.9 Å². The van der Waals surface area contributed by atoms with Crippen LogP contribution in [-0.4, -0.2) is 43.3 Å². The predicted molar refractivity (Wildman–Crippen MR) is 84.3 cm³/mol. The van der Waals surface area contributed by atoms with Crippen LogP contribution in [0.3, 0.4) is 0 Å². The third-order valence-corrected chi connectivity index (χ3v) is 3.61. The molecule has 1 fully saturated rings. The number of para-hydroxylation sites is 1. The molecular formula is C16H20N4O. The lowest BCUT2D eigenvalue weighted by molar-refractivity contribution is 0.122. The minimum atomic E-state index is 0.737. The molecule has 0 atom stereocenters. The standard InChI is InChI=1S/C16H20N4O/c1-13-12-15(19(2)14-6-4-3-5-7-14)18-16(17-13)20-8-10-21-11-9-20/h3-7,12H,8-11H2,1-2H3. The number of nitrogens with zero attached hydrogens (tertiary/aromatic N) is 4. The van der Waals surface area contributed by atoms with Crippen LogP contribution < -0.4 is 9.80 Å². The lowest BCUT2D eigenvalue weighted by Crippen LogP contribution is -2.37.